The summed E-state index contributed by atoms with van der Waals surface area (Å²) in [5.41, 5.74) is 1.31. The van der Waals surface area contributed by atoms with E-state index < -0.39 is 20.2 Å². The second kappa shape index (κ2) is 9.27. The van der Waals surface area contributed by atoms with Gasteiger partial charge in [-0.3, -0.25) is 0 Å². The summed E-state index contributed by atoms with van der Waals surface area (Å²) < 4.78 is 70.0. The molecule has 0 bridgehead atoms. The minimum Gasteiger partial charge on any atom is -0.744 e. The fourth-order valence-electron chi connectivity index (χ4n) is 3.52. The van der Waals surface area contributed by atoms with Crippen molar-refractivity contribution < 1.29 is 25.6 Å². The predicted molar refractivity (Wildman–Crippen MR) is 138 cm³/mol. The van der Waals surface area contributed by atoms with Crippen molar-refractivity contribution in [3.05, 3.63) is 45.6 Å². The van der Waals surface area contributed by atoms with Gasteiger partial charge in [0.05, 0.1) is 4.90 Å². The Bertz CT molecular complexity index is 1220. The van der Waals surface area contributed by atoms with Gasteiger partial charge in [-0.1, -0.05) is 13.8 Å². The third-order valence-corrected chi connectivity index (χ3v) is 11.1. The zero-order valence-electron chi connectivity index (χ0n) is 16.0. The summed E-state index contributed by atoms with van der Waals surface area (Å²) in [7, 11) is -8.86. The molecule has 1 aliphatic carbocycles. The fraction of sp³-hybridized carbons (Fsp3) is 0.368. The van der Waals surface area contributed by atoms with E-state index in [2.05, 4.69) is 45.2 Å². The molecule has 1 aliphatic rings. The van der Waals surface area contributed by atoms with Crippen molar-refractivity contribution in [3.8, 4) is 5.75 Å². The summed E-state index contributed by atoms with van der Waals surface area (Å²) in [5.74, 6) is -0.0742. The van der Waals surface area contributed by atoms with Crippen LogP contribution in [0.5, 0.6) is 5.75 Å². The second-order valence-electron chi connectivity index (χ2n) is 7.30. The van der Waals surface area contributed by atoms with Gasteiger partial charge in [-0.15, -0.1) is 0 Å². The van der Waals surface area contributed by atoms with E-state index in [9.17, 15) is 21.4 Å². The molecule has 11 heteroatoms. The Kier molecular flexibility index (Phi) is 7.70. The molecule has 2 aromatic carbocycles. The van der Waals surface area contributed by atoms with Crippen LogP contribution in [0.1, 0.15) is 49.3 Å². The van der Waals surface area contributed by atoms with Crippen LogP contribution in [-0.4, -0.2) is 21.4 Å². The van der Waals surface area contributed by atoms with E-state index in [-0.39, 0.29) is 21.5 Å². The molecule has 2 aromatic rings. The highest BCUT2D eigenvalue weighted by molar-refractivity contribution is 14.1. The lowest BCUT2D eigenvalue weighted by molar-refractivity contribution is 0.458. The molecule has 0 spiro atoms. The highest BCUT2D eigenvalue weighted by Crippen LogP contribution is 2.42. The van der Waals surface area contributed by atoms with Crippen LogP contribution < -0.4 is 4.18 Å². The number of fused-ring (bicyclic) bond motifs is 1. The van der Waals surface area contributed by atoms with Gasteiger partial charge in [0.15, 0.2) is 0 Å². The molecule has 0 unspecified atom stereocenters. The molecule has 0 saturated heterocycles. The first-order valence-electron chi connectivity index (χ1n) is 9.06. The van der Waals surface area contributed by atoms with Crippen LogP contribution in [0.3, 0.4) is 0 Å². The lowest BCUT2D eigenvalue weighted by atomic mass is 9.87. The molecule has 0 aliphatic heterocycles. The molecule has 3 rings (SSSR count). The van der Waals surface area contributed by atoms with Crippen molar-refractivity contribution in [2.24, 2.45) is 0 Å². The molecular formula is C19H18I3O6S2-. The van der Waals surface area contributed by atoms with Crippen molar-refractivity contribution in [3.63, 3.8) is 0 Å². The molecule has 0 saturated carbocycles. The van der Waals surface area contributed by atoms with Crippen LogP contribution in [-0.2, 0) is 33.1 Å². The van der Waals surface area contributed by atoms with Gasteiger partial charge < -0.3 is 8.74 Å². The SMILES string of the molecule is CC(C)c1cc(S(=O)(=O)[O-])c2c(c1OS(=O)(=O)c1cc(I)cc(I)c1I)CCCC2. The van der Waals surface area contributed by atoms with Gasteiger partial charge in [-0.05, 0) is 123 Å². The zero-order valence-corrected chi connectivity index (χ0v) is 24.1. The highest BCUT2D eigenvalue weighted by Gasteiger charge is 2.30. The summed E-state index contributed by atoms with van der Waals surface area (Å²) >= 11 is 6.11. The van der Waals surface area contributed by atoms with E-state index >= 15 is 0 Å². The average Bonchev–Trinajstić information content (AvgIpc) is 2.63. The van der Waals surface area contributed by atoms with Crippen LogP contribution in [0.25, 0.3) is 0 Å². The van der Waals surface area contributed by atoms with Crippen LogP contribution in [0.15, 0.2) is 28.0 Å². The average molecular weight is 787 g/mol. The number of halogens is 3. The van der Waals surface area contributed by atoms with Gasteiger partial charge in [-0.2, -0.15) is 8.42 Å². The number of hydrogen-bond acceptors (Lipinski definition) is 6. The first-order chi connectivity index (χ1) is 13.8. The largest absolute Gasteiger partial charge is 0.744 e. The maximum Gasteiger partial charge on any atom is 0.340 e. The minimum absolute atomic E-state index is 0.0687. The van der Waals surface area contributed by atoms with Gasteiger partial charge in [0.2, 0.25) is 0 Å². The Morgan fingerprint density at radius 1 is 0.933 bits per heavy atom. The summed E-state index contributed by atoms with van der Waals surface area (Å²) in [6.07, 6.45) is 2.36. The van der Waals surface area contributed by atoms with Crippen LogP contribution in [0.4, 0.5) is 0 Å². The molecular weight excluding hydrogens is 769 g/mol. The minimum atomic E-state index is -4.69. The lowest BCUT2D eigenvalue weighted by Crippen LogP contribution is -2.19. The quantitative estimate of drug-likeness (QED) is 0.180. The maximum absolute atomic E-state index is 13.3. The Hall–Kier alpha value is 0.290. The van der Waals surface area contributed by atoms with Crippen molar-refractivity contribution in [1.29, 1.82) is 0 Å². The normalized spacial score (nSPS) is 14.6. The van der Waals surface area contributed by atoms with E-state index in [4.69, 9.17) is 4.18 Å². The maximum atomic E-state index is 13.3. The van der Waals surface area contributed by atoms with E-state index in [0.717, 1.165) is 20.0 Å². The molecule has 0 atom stereocenters. The van der Waals surface area contributed by atoms with E-state index in [1.807, 2.05) is 42.5 Å². The highest BCUT2D eigenvalue weighted by atomic mass is 127. The molecule has 6 nitrogen and oxygen atoms in total. The summed E-state index contributed by atoms with van der Waals surface area (Å²) in [4.78, 5) is -0.191. The van der Waals surface area contributed by atoms with Crippen LogP contribution >= 0.6 is 67.8 Å². The van der Waals surface area contributed by atoms with Gasteiger partial charge in [0.25, 0.3) is 0 Å². The summed E-state index contributed by atoms with van der Waals surface area (Å²) in [6, 6.07) is 4.72. The summed E-state index contributed by atoms with van der Waals surface area (Å²) in [6.45, 7) is 3.62. The van der Waals surface area contributed by atoms with Gasteiger partial charge >= 0.3 is 10.1 Å². The second-order valence-corrected chi connectivity index (χ2v) is 13.7. The molecule has 164 valence electrons. The van der Waals surface area contributed by atoms with E-state index in [1.54, 1.807) is 6.07 Å². The number of hydrogen-bond donors (Lipinski definition) is 0. The predicted octanol–water partition coefficient (Wildman–Crippen LogP) is 5.17. The number of benzene rings is 2. The molecule has 0 aromatic heterocycles. The molecule has 0 radical (unpaired) electrons. The Labute approximate surface area is 217 Å². The molecule has 0 heterocycles. The van der Waals surface area contributed by atoms with Gasteiger partial charge in [0, 0.05) is 21.8 Å². The van der Waals surface area contributed by atoms with Crippen molar-refractivity contribution in [2.75, 3.05) is 0 Å². The molecule has 0 amide bonds. The van der Waals surface area contributed by atoms with Crippen LogP contribution in [0, 0.1) is 10.7 Å². The standard InChI is InChI=1S/C19H19I3O6S2/c1-10(2)14-9-16(29(23,24)25)12-5-3-4-6-13(12)19(14)28-30(26,27)17-8-11(20)7-15(21)18(17)22/h7-10H,3-6H2,1-2H3,(H,23,24,25)/p-1. The monoisotopic (exact) mass is 787 g/mol. The Balaban J connectivity index is 2.26. The molecule has 30 heavy (non-hydrogen) atoms. The van der Waals surface area contributed by atoms with Crippen molar-refractivity contribution in [2.45, 2.75) is 55.2 Å². The number of rotatable bonds is 5. The molecule has 0 fully saturated rings. The van der Waals surface area contributed by atoms with E-state index in [0.29, 0.717) is 33.1 Å². The smallest absolute Gasteiger partial charge is 0.340 e. The molecule has 0 N–H and O–H groups in total. The third kappa shape index (κ3) is 5.10. The van der Waals surface area contributed by atoms with E-state index in [1.165, 1.54) is 6.07 Å². The zero-order chi connectivity index (χ0) is 22.4. The first-order valence-corrected chi connectivity index (χ1v) is 15.1. The third-order valence-electron chi connectivity index (χ3n) is 4.90. The van der Waals surface area contributed by atoms with Gasteiger partial charge in [0.1, 0.15) is 20.8 Å². The van der Waals surface area contributed by atoms with Crippen molar-refractivity contribution in [1.82, 2.24) is 0 Å². The van der Waals surface area contributed by atoms with Crippen LogP contribution in [0.2, 0.25) is 0 Å². The first kappa shape index (κ1) is 24.9. The Morgan fingerprint density at radius 3 is 2.10 bits per heavy atom. The lowest BCUT2D eigenvalue weighted by Gasteiger charge is -2.27. The van der Waals surface area contributed by atoms with Gasteiger partial charge in [-0.25, -0.2) is 8.42 Å². The topological polar surface area (TPSA) is 101 Å². The van der Waals surface area contributed by atoms with Crippen molar-refractivity contribution >= 4 is 88.0 Å². The Morgan fingerprint density at radius 2 is 1.53 bits per heavy atom. The summed E-state index contributed by atoms with van der Waals surface area (Å²) in [5, 5.41) is 0. The fourth-order valence-corrected chi connectivity index (χ4v) is 8.78.